The number of hydrogen-bond donors (Lipinski definition) is 1. The van der Waals surface area contributed by atoms with Crippen molar-refractivity contribution in [2.75, 3.05) is 18.2 Å². The third kappa shape index (κ3) is 4.90. The van der Waals surface area contributed by atoms with Gasteiger partial charge in [-0.2, -0.15) is 0 Å². The standard InChI is InChI=1S/C19H22N4O2S2/c1-4-8-23-18(14-9-13(2)26-11-14)21-22-19(23)27-12-17(24)20-15-6-5-7-16(10-15)25-3/h5-7,9-11H,4,8,12H2,1-3H3,(H,20,24). The van der Waals surface area contributed by atoms with Crippen LogP contribution < -0.4 is 10.1 Å². The minimum absolute atomic E-state index is 0.0905. The van der Waals surface area contributed by atoms with Gasteiger partial charge in [0.2, 0.25) is 5.91 Å². The topological polar surface area (TPSA) is 69.0 Å². The van der Waals surface area contributed by atoms with Crippen LogP contribution in [0.4, 0.5) is 5.69 Å². The van der Waals surface area contributed by atoms with Crippen LogP contribution in [-0.4, -0.2) is 33.5 Å². The van der Waals surface area contributed by atoms with Crippen LogP contribution in [-0.2, 0) is 11.3 Å². The Hall–Kier alpha value is -2.32. The van der Waals surface area contributed by atoms with E-state index in [0.29, 0.717) is 11.4 Å². The van der Waals surface area contributed by atoms with E-state index >= 15 is 0 Å². The summed E-state index contributed by atoms with van der Waals surface area (Å²) < 4.78 is 7.27. The van der Waals surface area contributed by atoms with E-state index in [9.17, 15) is 4.79 Å². The summed E-state index contributed by atoms with van der Waals surface area (Å²) in [6, 6.07) is 9.42. The third-order valence-electron chi connectivity index (χ3n) is 3.84. The molecular formula is C19H22N4O2S2. The molecule has 0 aliphatic carbocycles. The van der Waals surface area contributed by atoms with Gasteiger partial charge in [0.15, 0.2) is 11.0 Å². The number of thioether (sulfide) groups is 1. The molecule has 0 bridgehead atoms. The number of nitrogens with one attached hydrogen (secondary N) is 1. The van der Waals surface area contributed by atoms with E-state index in [0.717, 1.165) is 29.5 Å². The minimum Gasteiger partial charge on any atom is -0.497 e. The van der Waals surface area contributed by atoms with Gasteiger partial charge in [-0.15, -0.1) is 21.5 Å². The van der Waals surface area contributed by atoms with Crippen molar-refractivity contribution in [1.29, 1.82) is 0 Å². The molecule has 1 N–H and O–H groups in total. The Morgan fingerprint density at radius 3 is 2.89 bits per heavy atom. The predicted octanol–water partition coefficient (Wildman–Crippen LogP) is 4.46. The molecule has 0 aliphatic rings. The molecule has 8 heteroatoms. The number of anilines is 1. The number of ether oxygens (including phenoxy) is 1. The highest BCUT2D eigenvalue weighted by molar-refractivity contribution is 7.99. The lowest BCUT2D eigenvalue weighted by molar-refractivity contribution is -0.113. The van der Waals surface area contributed by atoms with Crippen LogP contribution in [0.5, 0.6) is 5.75 Å². The Balaban J connectivity index is 1.68. The van der Waals surface area contributed by atoms with E-state index in [1.165, 1.54) is 16.6 Å². The first-order chi connectivity index (χ1) is 13.1. The first-order valence-electron chi connectivity index (χ1n) is 8.66. The Bertz CT molecular complexity index is 920. The zero-order valence-corrected chi connectivity index (χ0v) is 17.2. The van der Waals surface area contributed by atoms with Gasteiger partial charge in [-0.1, -0.05) is 24.8 Å². The van der Waals surface area contributed by atoms with E-state index in [1.54, 1.807) is 24.5 Å². The average molecular weight is 403 g/mol. The van der Waals surface area contributed by atoms with Crippen LogP contribution in [0.25, 0.3) is 11.4 Å². The number of rotatable bonds is 8. The Morgan fingerprint density at radius 2 is 2.19 bits per heavy atom. The average Bonchev–Trinajstić information content (AvgIpc) is 3.26. The molecule has 0 atom stereocenters. The van der Waals surface area contributed by atoms with Crippen molar-refractivity contribution in [3.63, 3.8) is 0 Å². The van der Waals surface area contributed by atoms with Gasteiger partial charge in [0.05, 0.1) is 12.9 Å². The second-order valence-electron chi connectivity index (χ2n) is 5.97. The Kier molecular flexibility index (Phi) is 6.52. The van der Waals surface area contributed by atoms with Crippen molar-refractivity contribution in [1.82, 2.24) is 14.8 Å². The highest BCUT2D eigenvalue weighted by Gasteiger charge is 2.16. The van der Waals surface area contributed by atoms with Crippen LogP contribution >= 0.6 is 23.1 Å². The van der Waals surface area contributed by atoms with Gasteiger partial charge in [0, 0.05) is 34.1 Å². The Morgan fingerprint density at radius 1 is 1.33 bits per heavy atom. The molecule has 1 amide bonds. The minimum atomic E-state index is -0.0905. The maximum Gasteiger partial charge on any atom is 0.234 e. The van der Waals surface area contributed by atoms with Crippen molar-refractivity contribution in [2.45, 2.75) is 32.0 Å². The smallest absolute Gasteiger partial charge is 0.234 e. The number of nitrogens with zero attached hydrogens (tertiary/aromatic N) is 3. The number of amides is 1. The fourth-order valence-corrected chi connectivity index (χ4v) is 4.07. The quantitative estimate of drug-likeness (QED) is 0.563. The highest BCUT2D eigenvalue weighted by atomic mass is 32.2. The second kappa shape index (κ2) is 9.05. The maximum atomic E-state index is 12.3. The maximum absolute atomic E-state index is 12.3. The summed E-state index contributed by atoms with van der Waals surface area (Å²) in [6.45, 7) is 5.01. The number of methoxy groups -OCH3 is 1. The zero-order valence-electron chi connectivity index (χ0n) is 15.6. The van der Waals surface area contributed by atoms with Crippen molar-refractivity contribution in [2.24, 2.45) is 0 Å². The summed E-state index contributed by atoms with van der Waals surface area (Å²) in [5.74, 6) is 1.74. The van der Waals surface area contributed by atoms with Crippen LogP contribution in [0.1, 0.15) is 18.2 Å². The van der Waals surface area contributed by atoms with E-state index in [4.69, 9.17) is 4.74 Å². The molecule has 3 rings (SSSR count). The molecule has 0 fully saturated rings. The predicted molar refractivity (Wildman–Crippen MR) is 111 cm³/mol. The summed E-state index contributed by atoms with van der Waals surface area (Å²) in [5, 5.41) is 14.4. The molecule has 0 unspecified atom stereocenters. The molecule has 0 saturated carbocycles. The molecule has 3 aromatic rings. The number of carbonyl (C=O) groups is 1. The first-order valence-corrected chi connectivity index (χ1v) is 10.5. The second-order valence-corrected chi connectivity index (χ2v) is 8.03. The normalized spacial score (nSPS) is 10.8. The van der Waals surface area contributed by atoms with Gasteiger partial charge in [0.25, 0.3) is 0 Å². The summed E-state index contributed by atoms with van der Waals surface area (Å²) in [6.07, 6.45) is 0.970. The van der Waals surface area contributed by atoms with Crippen LogP contribution in [0.3, 0.4) is 0 Å². The molecule has 6 nitrogen and oxygen atoms in total. The van der Waals surface area contributed by atoms with Crippen LogP contribution in [0.15, 0.2) is 40.9 Å². The number of aryl methyl sites for hydroxylation is 1. The molecule has 1 aromatic carbocycles. The van der Waals surface area contributed by atoms with Crippen LogP contribution in [0, 0.1) is 6.92 Å². The van der Waals surface area contributed by atoms with Gasteiger partial charge in [-0.3, -0.25) is 4.79 Å². The number of carbonyl (C=O) groups excluding carboxylic acids is 1. The van der Waals surface area contributed by atoms with E-state index in [2.05, 4.69) is 45.4 Å². The van der Waals surface area contributed by atoms with E-state index in [-0.39, 0.29) is 11.7 Å². The monoisotopic (exact) mass is 402 g/mol. The number of aromatic nitrogens is 3. The fourth-order valence-electron chi connectivity index (χ4n) is 2.62. The fraction of sp³-hybridized carbons (Fsp3) is 0.316. The largest absolute Gasteiger partial charge is 0.497 e. The zero-order chi connectivity index (χ0) is 19.2. The highest BCUT2D eigenvalue weighted by Crippen LogP contribution is 2.28. The first kappa shape index (κ1) is 19.4. The van der Waals surface area contributed by atoms with Gasteiger partial charge in [-0.25, -0.2) is 0 Å². The van der Waals surface area contributed by atoms with Crippen molar-refractivity contribution < 1.29 is 9.53 Å². The third-order valence-corrected chi connectivity index (χ3v) is 5.67. The molecule has 2 heterocycles. The molecule has 2 aromatic heterocycles. The summed E-state index contributed by atoms with van der Waals surface area (Å²) >= 11 is 3.09. The lowest BCUT2D eigenvalue weighted by Gasteiger charge is -2.09. The molecule has 0 radical (unpaired) electrons. The van der Waals surface area contributed by atoms with Crippen LogP contribution in [0.2, 0.25) is 0 Å². The number of benzene rings is 1. The van der Waals surface area contributed by atoms with Gasteiger partial charge < -0.3 is 14.6 Å². The summed E-state index contributed by atoms with van der Waals surface area (Å²) in [4.78, 5) is 13.5. The van der Waals surface area contributed by atoms with Crippen molar-refractivity contribution >= 4 is 34.7 Å². The molecule has 142 valence electrons. The SMILES string of the molecule is CCCn1c(SCC(=O)Nc2cccc(OC)c2)nnc1-c1csc(C)c1. The van der Waals surface area contributed by atoms with E-state index in [1.807, 2.05) is 18.2 Å². The lowest BCUT2D eigenvalue weighted by atomic mass is 10.3. The lowest BCUT2D eigenvalue weighted by Crippen LogP contribution is -2.14. The molecule has 0 aliphatic heterocycles. The van der Waals surface area contributed by atoms with Gasteiger partial charge in [-0.05, 0) is 31.5 Å². The summed E-state index contributed by atoms with van der Waals surface area (Å²) in [7, 11) is 1.60. The molecular weight excluding hydrogens is 380 g/mol. The molecule has 27 heavy (non-hydrogen) atoms. The van der Waals surface area contributed by atoms with Crippen molar-refractivity contribution in [3.8, 4) is 17.1 Å². The Labute approximate surface area is 167 Å². The van der Waals surface area contributed by atoms with Gasteiger partial charge >= 0.3 is 0 Å². The molecule has 0 spiro atoms. The number of hydrogen-bond acceptors (Lipinski definition) is 6. The molecule has 0 saturated heterocycles. The number of thiophene rings is 1. The van der Waals surface area contributed by atoms with Gasteiger partial charge in [0.1, 0.15) is 5.75 Å². The van der Waals surface area contributed by atoms with Crippen molar-refractivity contribution in [3.05, 3.63) is 40.6 Å². The summed E-state index contributed by atoms with van der Waals surface area (Å²) in [5.41, 5.74) is 1.79. The van der Waals surface area contributed by atoms with E-state index < -0.39 is 0 Å².